The Morgan fingerprint density at radius 1 is 1.22 bits per heavy atom. The normalized spacial score (nSPS) is 10.4. The van der Waals surface area contributed by atoms with Crippen LogP contribution in [0.2, 0.25) is 0 Å². The molecule has 0 spiro atoms. The van der Waals surface area contributed by atoms with Crippen molar-refractivity contribution < 1.29 is 4.79 Å². The van der Waals surface area contributed by atoms with Crippen molar-refractivity contribution in [3.63, 3.8) is 0 Å². The minimum atomic E-state index is 0.00519. The van der Waals surface area contributed by atoms with E-state index < -0.39 is 0 Å². The van der Waals surface area contributed by atoms with Gasteiger partial charge < -0.3 is 5.32 Å². The van der Waals surface area contributed by atoms with Crippen LogP contribution in [0.4, 0.5) is 5.69 Å². The van der Waals surface area contributed by atoms with Crippen molar-refractivity contribution >= 4 is 22.9 Å². The third-order valence-electron chi connectivity index (χ3n) is 2.66. The first-order chi connectivity index (χ1) is 8.54. The van der Waals surface area contributed by atoms with Crippen LogP contribution in [0.15, 0.2) is 24.3 Å². The summed E-state index contributed by atoms with van der Waals surface area (Å²) in [6.45, 7) is 5.92. The van der Waals surface area contributed by atoms with Crippen molar-refractivity contribution in [2.24, 2.45) is 0 Å². The first kappa shape index (κ1) is 12.8. The molecule has 4 heteroatoms. The summed E-state index contributed by atoms with van der Waals surface area (Å²) in [4.78, 5) is 17.3. The van der Waals surface area contributed by atoms with Crippen LogP contribution >= 0.6 is 11.3 Å². The monoisotopic (exact) mass is 260 g/mol. The molecule has 0 aliphatic rings. The number of aromatic nitrogens is 1. The second kappa shape index (κ2) is 5.31. The first-order valence-electron chi connectivity index (χ1n) is 5.84. The molecule has 0 unspecified atom stereocenters. The molecule has 0 saturated carbocycles. The highest BCUT2D eigenvalue weighted by Gasteiger charge is 2.10. The molecular formula is C14H16N2OS. The smallest absolute Gasteiger partial charge is 0.229 e. The molecule has 0 fully saturated rings. The maximum atomic E-state index is 11.9. The van der Waals surface area contributed by atoms with Gasteiger partial charge in [0.1, 0.15) is 0 Å². The quantitative estimate of drug-likeness (QED) is 0.920. The average Bonchev–Trinajstić information content (AvgIpc) is 2.61. The molecule has 0 saturated heterocycles. The summed E-state index contributed by atoms with van der Waals surface area (Å²) in [7, 11) is 0. The molecule has 1 heterocycles. The minimum Gasteiger partial charge on any atom is -0.326 e. The molecule has 0 radical (unpaired) electrons. The van der Waals surface area contributed by atoms with E-state index in [1.165, 1.54) is 5.56 Å². The molecule has 0 bridgehead atoms. The van der Waals surface area contributed by atoms with Crippen LogP contribution in [0.3, 0.4) is 0 Å². The van der Waals surface area contributed by atoms with E-state index in [-0.39, 0.29) is 5.91 Å². The summed E-state index contributed by atoms with van der Waals surface area (Å²) in [6.07, 6.45) is 0.394. The van der Waals surface area contributed by atoms with Gasteiger partial charge in [0.15, 0.2) is 0 Å². The Hall–Kier alpha value is -1.68. The average molecular weight is 260 g/mol. The Morgan fingerprint density at radius 2 is 1.89 bits per heavy atom. The van der Waals surface area contributed by atoms with Crippen LogP contribution in [0, 0.1) is 20.8 Å². The number of carbonyl (C=O) groups excluding carboxylic acids is 1. The Bertz CT molecular complexity index is 558. The van der Waals surface area contributed by atoms with E-state index in [1.54, 1.807) is 11.3 Å². The van der Waals surface area contributed by atoms with Crippen molar-refractivity contribution in [2.75, 3.05) is 5.32 Å². The zero-order chi connectivity index (χ0) is 13.1. The summed E-state index contributed by atoms with van der Waals surface area (Å²) in [5.74, 6) is 0.00519. The van der Waals surface area contributed by atoms with Crippen molar-refractivity contribution in [1.82, 2.24) is 4.98 Å². The Balaban J connectivity index is 2.01. The lowest BCUT2D eigenvalue weighted by Crippen LogP contribution is -2.14. The largest absolute Gasteiger partial charge is 0.326 e. The number of rotatable bonds is 3. The van der Waals surface area contributed by atoms with Gasteiger partial charge >= 0.3 is 0 Å². The van der Waals surface area contributed by atoms with Gasteiger partial charge in [0.2, 0.25) is 5.91 Å². The number of nitrogens with one attached hydrogen (secondary N) is 1. The predicted octanol–water partition coefficient (Wildman–Crippen LogP) is 3.25. The Morgan fingerprint density at radius 3 is 2.44 bits per heavy atom. The molecule has 0 aliphatic carbocycles. The number of benzene rings is 1. The first-order valence-corrected chi connectivity index (χ1v) is 6.65. The van der Waals surface area contributed by atoms with Gasteiger partial charge in [0, 0.05) is 10.6 Å². The van der Waals surface area contributed by atoms with E-state index >= 15 is 0 Å². The van der Waals surface area contributed by atoms with Crippen LogP contribution in [-0.2, 0) is 11.2 Å². The van der Waals surface area contributed by atoms with Crippen LogP contribution in [-0.4, -0.2) is 10.9 Å². The molecule has 2 aromatic rings. The van der Waals surface area contributed by atoms with E-state index in [2.05, 4.69) is 10.3 Å². The zero-order valence-corrected chi connectivity index (χ0v) is 11.6. The highest BCUT2D eigenvalue weighted by Crippen LogP contribution is 2.18. The van der Waals surface area contributed by atoms with Gasteiger partial charge in [-0.1, -0.05) is 17.7 Å². The molecule has 94 valence electrons. The predicted molar refractivity (Wildman–Crippen MR) is 75.1 cm³/mol. The van der Waals surface area contributed by atoms with E-state index in [9.17, 15) is 4.79 Å². The number of amides is 1. The molecule has 1 amide bonds. The topological polar surface area (TPSA) is 42.0 Å². The highest BCUT2D eigenvalue weighted by molar-refractivity contribution is 7.11. The minimum absolute atomic E-state index is 0.00519. The zero-order valence-electron chi connectivity index (χ0n) is 10.8. The lowest BCUT2D eigenvalue weighted by atomic mass is 10.2. The molecule has 3 nitrogen and oxygen atoms in total. The third kappa shape index (κ3) is 3.17. The Kier molecular flexibility index (Phi) is 3.77. The van der Waals surface area contributed by atoms with Crippen LogP contribution in [0.1, 0.15) is 21.1 Å². The number of thiazole rings is 1. The van der Waals surface area contributed by atoms with Gasteiger partial charge in [-0.05, 0) is 32.9 Å². The number of nitrogens with zero attached hydrogens (tertiary/aromatic N) is 1. The maximum Gasteiger partial charge on any atom is 0.229 e. The molecule has 18 heavy (non-hydrogen) atoms. The van der Waals surface area contributed by atoms with Crippen molar-refractivity contribution in [3.8, 4) is 0 Å². The summed E-state index contributed by atoms with van der Waals surface area (Å²) < 4.78 is 0. The van der Waals surface area contributed by atoms with Crippen molar-refractivity contribution in [2.45, 2.75) is 27.2 Å². The van der Waals surface area contributed by atoms with E-state index in [1.807, 2.05) is 45.0 Å². The molecule has 1 aromatic carbocycles. The standard InChI is InChI=1S/C14H16N2OS/c1-9-4-6-12(7-5-9)16-14(17)8-13-10(2)15-11(3)18-13/h4-7H,8H2,1-3H3,(H,16,17). The fourth-order valence-electron chi connectivity index (χ4n) is 1.73. The van der Waals surface area contributed by atoms with Gasteiger partial charge in [0.25, 0.3) is 0 Å². The lowest BCUT2D eigenvalue weighted by Gasteiger charge is -2.04. The second-order valence-electron chi connectivity index (χ2n) is 4.33. The molecule has 1 aromatic heterocycles. The van der Waals surface area contributed by atoms with Gasteiger partial charge in [-0.2, -0.15) is 0 Å². The van der Waals surface area contributed by atoms with Gasteiger partial charge in [-0.3, -0.25) is 4.79 Å². The fraction of sp³-hybridized carbons (Fsp3) is 0.286. The number of aryl methyl sites for hydroxylation is 3. The Labute approximate surface area is 111 Å². The SMILES string of the molecule is Cc1ccc(NC(=O)Cc2sc(C)nc2C)cc1. The maximum absolute atomic E-state index is 11.9. The van der Waals surface area contributed by atoms with E-state index in [4.69, 9.17) is 0 Å². The van der Waals surface area contributed by atoms with Crippen LogP contribution in [0.5, 0.6) is 0 Å². The van der Waals surface area contributed by atoms with Gasteiger partial charge in [0.05, 0.1) is 17.1 Å². The van der Waals surface area contributed by atoms with Crippen molar-refractivity contribution in [3.05, 3.63) is 45.4 Å². The number of hydrogen-bond donors (Lipinski definition) is 1. The second-order valence-corrected chi connectivity index (χ2v) is 5.62. The summed E-state index contributed by atoms with van der Waals surface area (Å²) in [6, 6.07) is 7.80. The summed E-state index contributed by atoms with van der Waals surface area (Å²) >= 11 is 1.58. The molecule has 1 N–H and O–H groups in total. The lowest BCUT2D eigenvalue weighted by molar-refractivity contribution is -0.115. The highest BCUT2D eigenvalue weighted by atomic mass is 32.1. The number of carbonyl (C=O) groups is 1. The number of anilines is 1. The fourth-order valence-corrected chi connectivity index (χ4v) is 2.66. The van der Waals surface area contributed by atoms with Crippen molar-refractivity contribution in [1.29, 1.82) is 0 Å². The molecular weight excluding hydrogens is 244 g/mol. The van der Waals surface area contributed by atoms with Gasteiger partial charge in [-0.25, -0.2) is 4.98 Å². The molecule has 0 atom stereocenters. The molecule has 2 rings (SSSR count). The van der Waals surface area contributed by atoms with E-state index in [0.717, 1.165) is 21.3 Å². The summed E-state index contributed by atoms with van der Waals surface area (Å²) in [5, 5.41) is 3.90. The van der Waals surface area contributed by atoms with Gasteiger partial charge in [-0.15, -0.1) is 11.3 Å². The van der Waals surface area contributed by atoms with Crippen LogP contribution in [0.25, 0.3) is 0 Å². The number of hydrogen-bond acceptors (Lipinski definition) is 3. The van der Waals surface area contributed by atoms with E-state index in [0.29, 0.717) is 6.42 Å². The van der Waals surface area contributed by atoms with Crippen LogP contribution < -0.4 is 5.32 Å². The summed E-state index contributed by atoms with van der Waals surface area (Å²) in [5.41, 5.74) is 2.97. The molecule has 0 aliphatic heterocycles. The third-order valence-corrected chi connectivity index (χ3v) is 3.73.